The number of carbonyl (C=O) groups excluding carboxylic acids is 2. The van der Waals surface area contributed by atoms with Gasteiger partial charge >= 0.3 is 0 Å². The molecule has 0 saturated heterocycles. The quantitative estimate of drug-likeness (QED) is 0.443. The Labute approximate surface area is 162 Å². The van der Waals surface area contributed by atoms with Gasteiger partial charge in [-0.1, -0.05) is 48.5 Å². The number of aromatic amines is 1. The first-order valence-corrected chi connectivity index (χ1v) is 8.95. The molecule has 5 heteroatoms. The minimum atomic E-state index is -0.570. The molecule has 4 rings (SSSR count). The lowest BCUT2D eigenvalue weighted by atomic mass is 9.96. The highest BCUT2D eigenvalue weighted by molar-refractivity contribution is 6.11. The molecule has 0 radical (unpaired) electrons. The number of primary amides is 1. The van der Waals surface area contributed by atoms with Crippen LogP contribution in [0.4, 0.5) is 5.69 Å². The molecule has 1 amide bonds. The van der Waals surface area contributed by atoms with Crippen molar-refractivity contribution in [3.05, 3.63) is 102 Å². The van der Waals surface area contributed by atoms with Crippen molar-refractivity contribution in [2.75, 3.05) is 5.32 Å². The first-order valence-electron chi connectivity index (χ1n) is 8.95. The zero-order valence-electron chi connectivity index (χ0n) is 15.1. The molecule has 5 nitrogen and oxygen atoms in total. The largest absolute Gasteiger partial charge is 0.371 e. The highest BCUT2D eigenvalue weighted by Gasteiger charge is 2.24. The van der Waals surface area contributed by atoms with Gasteiger partial charge in [0.25, 0.3) is 0 Å². The Bertz CT molecular complexity index is 1130. The zero-order chi connectivity index (χ0) is 19.5. The lowest BCUT2D eigenvalue weighted by Crippen LogP contribution is -2.21. The highest BCUT2D eigenvalue weighted by atomic mass is 16.1. The number of amides is 1. The van der Waals surface area contributed by atoms with Gasteiger partial charge in [0.05, 0.1) is 0 Å². The van der Waals surface area contributed by atoms with E-state index in [9.17, 15) is 9.59 Å². The van der Waals surface area contributed by atoms with Crippen molar-refractivity contribution in [3.63, 3.8) is 0 Å². The van der Waals surface area contributed by atoms with Gasteiger partial charge < -0.3 is 16.0 Å². The number of nitrogens with one attached hydrogen (secondary N) is 2. The number of para-hydroxylation sites is 1. The van der Waals surface area contributed by atoms with Gasteiger partial charge in [-0.05, 0) is 35.9 Å². The SMILES string of the molecule is NC(=O)c1ccc(NC(C(=O)c2c[nH]c3ccccc23)c2ccccc2)cc1. The van der Waals surface area contributed by atoms with Gasteiger partial charge in [0, 0.05) is 33.9 Å². The Morgan fingerprint density at radius 1 is 0.857 bits per heavy atom. The van der Waals surface area contributed by atoms with Crippen LogP contribution in [0.5, 0.6) is 0 Å². The van der Waals surface area contributed by atoms with E-state index in [-0.39, 0.29) is 5.78 Å². The Hall–Kier alpha value is -3.86. The first-order chi connectivity index (χ1) is 13.6. The topological polar surface area (TPSA) is 88.0 Å². The fourth-order valence-corrected chi connectivity index (χ4v) is 3.27. The molecule has 0 saturated carbocycles. The van der Waals surface area contributed by atoms with E-state index >= 15 is 0 Å². The molecule has 1 atom stereocenters. The Morgan fingerprint density at radius 2 is 1.54 bits per heavy atom. The smallest absolute Gasteiger partial charge is 0.248 e. The summed E-state index contributed by atoms with van der Waals surface area (Å²) in [7, 11) is 0. The molecule has 0 fully saturated rings. The summed E-state index contributed by atoms with van der Waals surface area (Å²) in [5.74, 6) is -0.524. The minimum Gasteiger partial charge on any atom is -0.371 e. The fourth-order valence-electron chi connectivity index (χ4n) is 3.27. The summed E-state index contributed by atoms with van der Waals surface area (Å²) in [6.07, 6.45) is 1.75. The van der Waals surface area contributed by atoms with Crippen LogP contribution in [0.15, 0.2) is 85.1 Å². The number of anilines is 1. The van der Waals surface area contributed by atoms with Crippen molar-refractivity contribution in [1.82, 2.24) is 4.98 Å². The third kappa shape index (κ3) is 3.38. The average molecular weight is 369 g/mol. The Morgan fingerprint density at radius 3 is 2.25 bits per heavy atom. The van der Waals surface area contributed by atoms with Gasteiger partial charge in [-0.15, -0.1) is 0 Å². The minimum absolute atomic E-state index is 0.0392. The van der Waals surface area contributed by atoms with Gasteiger partial charge in [0.2, 0.25) is 5.91 Å². The molecular formula is C23H19N3O2. The predicted molar refractivity (Wildman–Crippen MR) is 110 cm³/mol. The van der Waals surface area contributed by atoms with Crippen LogP contribution in [0.1, 0.15) is 32.3 Å². The molecule has 0 spiro atoms. The maximum Gasteiger partial charge on any atom is 0.248 e. The molecule has 28 heavy (non-hydrogen) atoms. The van der Waals surface area contributed by atoms with Gasteiger partial charge in [-0.25, -0.2) is 0 Å². The van der Waals surface area contributed by atoms with E-state index in [0.717, 1.165) is 22.2 Å². The molecule has 4 N–H and O–H groups in total. The van der Waals surface area contributed by atoms with Gasteiger partial charge in [0.15, 0.2) is 5.78 Å². The predicted octanol–water partition coefficient (Wildman–Crippen LogP) is 4.30. The third-order valence-electron chi connectivity index (χ3n) is 4.73. The summed E-state index contributed by atoms with van der Waals surface area (Å²) in [6, 6.07) is 23.5. The molecule has 0 aliphatic heterocycles. The number of rotatable bonds is 6. The molecule has 1 unspecified atom stereocenters. The second kappa shape index (κ2) is 7.40. The van der Waals surface area contributed by atoms with Crippen LogP contribution in [0.3, 0.4) is 0 Å². The lowest BCUT2D eigenvalue weighted by Gasteiger charge is -2.19. The second-order valence-corrected chi connectivity index (χ2v) is 6.54. The van der Waals surface area contributed by atoms with E-state index in [1.807, 2.05) is 54.6 Å². The fraction of sp³-hybridized carbons (Fsp3) is 0.0435. The maximum absolute atomic E-state index is 13.4. The molecule has 4 aromatic rings. The van der Waals surface area contributed by atoms with Gasteiger partial charge in [-0.2, -0.15) is 0 Å². The summed E-state index contributed by atoms with van der Waals surface area (Å²) in [4.78, 5) is 27.9. The monoisotopic (exact) mass is 369 g/mol. The summed E-state index contributed by atoms with van der Waals surface area (Å²) in [5, 5.41) is 4.19. The Kier molecular flexibility index (Phi) is 4.64. The molecule has 0 bridgehead atoms. The number of ketones is 1. The number of benzene rings is 3. The number of Topliss-reactive ketones (excluding diaryl/α,β-unsaturated/α-hetero) is 1. The van der Waals surface area contributed by atoms with Crippen molar-refractivity contribution in [3.8, 4) is 0 Å². The lowest BCUT2D eigenvalue weighted by molar-refractivity contribution is 0.0968. The van der Waals surface area contributed by atoms with Gasteiger partial charge in [0.1, 0.15) is 6.04 Å². The molecule has 1 aromatic heterocycles. The number of hydrogen-bond acceptors (Lipinski definition) is 3. The van der Waals surface area contributed by atoms with Crippen LogP contribution >= 0.6 is 0 Å². The summed E-state index contributed by atoms with van der Waals surface area (Å²) in [5.41, 5.74) is 8.86. The highest BCUT2D eigenvalue weighted by Crippen LogP contribution is 2.27. The van der Waals surface area contributed by atoms with Crippen molar-refractivity contribution >= 4 is 28.3 Å². The molecule has 1 heterocycles. The van der Waals surface area contributed by atoms with E-state index < -0.39 is 11.9 Å². The van der Waals surface area contributed by atoms with Crippen molar-refractivity contribution in [2.24, 2.45) is 5.73 Å². The number of carbonyl (C=O) groups is 2. The van der Waals surface area contributed by atoms with Crippen LogP contribution in [0, 0.1) is 0 Å². The molecule has 0 aliphatic carbocycles. The normalized spacial score (nSPS) is 11.9. The van der Waals surface area contributed by atoms with E-state index in [1.165, 1.54) is 0 Å². The molecule has 0 aliphatic rings. The van der Waals surface area contributed by atoms with Gasteiger partial charge in [-0.3, -0.25) is 9.59 Å². The van der Waals surface area contributed by atoms with Crippen molar-refractivity contribution in [2.45, 2.75) is 6.04 Å². The number of H-pyrrole nitrogens is 1. The number of hydrogen-bond donors (Lipinski definition) is 3. The van der Waals surface area contributed by atoms with Crippen LogP contribution < -0.4 is 11.1 Å². The van der Waals surface area contributed by atoms with Crippen molar-refractivity contribution < 1.29 is 9.59 Å². The first kappa shape index (κ1) is 17.5. The van der Waals surface area contributed by atoms with E-state index in [0.29, 0.717) is 11.1 Å². The van der Waals surface area contributed by atoms with Crippen LogP contribution in [-0.4, -0.2) is 16.7 Å². The summed E-state index contributed by atoms with van der Waals surface area (Å²) >= 11 is 0. The Balaban J connectivity index is 1.71. The summed E-state index contributed by atoms with van der Waals surface area (Å²) < 4.78 is 0. The number of aromatic nitrogens is 1. The van der Waals surface area contributed by atoms with E-state index in [1.54, 1.807) is 30.5 Å². The zero-order valence-corrected chi connectivity index (χ0v) is 15.1. The third-order valence-corrected chi connectivity index (χ3v) is 4.73. The average Bonchev–Trinajstić information content (AvgIpc) is 3.17. The second-order valence-electron chi connectivity index (χ2n) is 6.54. The number of fused-ring (bicyclic) bond motifs is 1. The van der Waals surface area contributed by atoms with E-state index in [2.05, 4.69) is 10.3 Å². The molecule has 138 valence electrons. The maximum atomic E-state index is 13.4. The van der Waals surface area contributed by atoms with E-state index in [4.69, 9.17) is 5.73 Å². The standard InChI is InChI=1S/C23H19N3O2/c24-23(28)16-10-12-17(13-11-16)26-21(15-6-2-1-3-7-15)22(27)19-14-25-20-9-5-4-8-18(19)20/h1-14,21,25-26H,(H2,24,28). The molecular weight excluding hydrogens is 350 g/mol. The van der Waals surface area contributed by atoms with Crippen LogP contribution in [0.25, 0.3) is 10.9 Å². The van der Waals surface area contributed by atoms with Crippen molar-refractivity contribution in [1.29, 1.82) is 0 Å². The van der Waals surface area contributed by atoms with Crippen LogP contribution in [-0.2, 0) is 0 Å². The molecule has 3 aromatic carbocycles. The summed E-state index contributed by atoms with van der Waals surface area (Å²) in [6.45, 7) is 0. The number of nitrogens with two attached hydrogens (primary N) is 1. The van der Waals surface area contributed by atoms with Crippen LogP contribution in [0.2, 0.25) is 0 Å².